The molecule has 0 aliphatic carbocycles. The van der Waals surface area contributed by atoms with Crippen molar-refractivity contribution in [2.75, 3.05) is 13.1 Å². The van der Waals surface area contributed by atoms with Crippen molar-refractivity contribution in [3.05, 3.63) is 35.9 Å². The minimum absolute atomic E-state index is 0.229. The van der Waals surface area contributed by atoms with Crippen molar-refractivity contribution in [2.24, 2.45) is 5.41 Å². The molecule has 0 aromatic heterocycles. The number of hydrogen-bond acceptors (Lipinski definition) is 2. The minimum Gasteiger partial charge on any atom is -0.273 e. The summed E-state index contributed by atoms with van der Waals surface area (Å²) in [7, 11) is 0. The van der Waals surface area contributed by atoms with Gasteiger partial charge in [0.2, 0.25) is 5.91 Å². The predicted molar refractivity (Wildman–Crippen MR) is 66.0 cm³/mol. The summed E-state index contributed by atoms with van der Waals surface area (Å²) in [4.78, 5) is 12.4. The average molecular weight is 230 g/mol. The van der Waals surface area contributed by atoms with Crippen LogP contribution >= 0.6 is 0 Å². The molecule has 1 aromatic rings. The van der Waals surface area contributed by atoms with Gasteiger partial charge in [0.05, 0.1) is 11.5 Å². The summed E-state index contributed by atoms with van der Waals surface area (Å²) >= 11 is 0. The minimum atomic E-state index is -0.229. The van der Waals surface area contributed by atoms with Crippen molar-refractivity contribution < 1.29 is 4.79 Å². The fourth-order valence-electron chi connectivity index (χ4n) is 2.94. The van der Waals surface area contributed by atoms with Gasteiger partial charge in [-0.1, -0.05) is 30.3 Å². The monoisotopic (exact) mass is 230 g/mol. The third kappa shape index (κ3) is 1.57. The number of amides is 1. The van der Waals surface area contributed by atoms with E-state index in [1.54, 1.807) is 0 Å². The quantitative estimate of drug-likeness (QED) is 0.738. The molecule has 1 atom stereocenters. The molecule has 2 aliphatic rings. The van der Waals surface area contributed by atoms with E-state index in [-0.39, 0.29) is 17.4 Å². The molecule has 0 unspecified atom stereocenters. The van der Waals surface area contributed by atoms with Crippen molar-refractivity contribution in [1.29, 1.82) is 0 Å². The lowest BCUT2D eigenvalue weighted by Gasteiger charge is -2.26. The van der Waals surface area contributed by atoms with E-state index in [1.165, 1.54) is 5.56 Å². The van der Waals surface area contributed by atoms with Crippen molar-refractivity contribution in [1.82, 2.24) is 10.0 Å². The highest BCUT2D eigenvalue weighted by Crippen LogP contribution is 2.41. The van der Waals surface area contributed by atoms with Gasteiger partial charge in [0.1, 0.15) is 0 Å². The molecular weight excluding hydrogens is 212 g/mol. The van der Waals surface area contributed by atoms with E-state index in [0.717, 1.165) is 19.5 Å². The average Bonchev–Trinajstić information content (AvgIpc) is 2.80. The summed E-state index contributed by atoms with van der Waals surface area (Å²) in [6.45, 7) is 5.93. The number of carbonyl (C=O) groups excluding carboxylic acids is 1. The molecule has 3 nitrogen and oxygen atoms in total. The van der Waals surface area contributed by atoms with Gasteiger partial charge in [-0.05, 0) is 25.8 Å². The molecule has 0 bridgehead atoms. The highest BCUT2D eigenvalue weighted by molar-refractivity contribution is 5.84. The van der Waals surface area contributed by atoms with Gasteiger partial charge in [-0.25, -0.2) is 5.01 Å². The second kappa shape index (κ2) is 3.57. The van der Waals surface area contributed by atoms with Gasteiger partial charge in [-0.15, -0.1) is 0 Å². The normalized spacial score (nSPS) is 27.5. The molecule has 3 rings (SSSR count). The fourth-order valence-corrected chi connectivity index (χ4v) is 2.94. The van der Waals surface area contributed by atoms with Crippen molar-refractivity contribution in [3.8, 4) is 0 Å². The molecule has 0 N–H and O–H groups in total. The third-order valence-electron chi connectivity index (χ3n) is 3.81. The molecule has 2 fully saturated rings. The Bertz CT molecular complexity index is 441. The van der Waals surface area contributed by atoms with E-state index < -0.39 is 0 Å². The summed E-state index contributed by atoms with van der Waals surface area (Å²) in [5.41, 5.74) is 1.02. The van der Waals surface area contributed by atoms with E-state index in [2.05, 4.69) is 17.1 Å². The van der Waals surface area contributed by atoms with Gasteiger partial charge in [0, 0.05) is 13.1 Å². The van der Waals surface area contributed by atoms with Crippen LogP contribution in [0, 0.1) is 5.41 Å². The van der Waals surface area contributed by atoms with Gasteiger partial charge >= 0.3 is 0 Å². The maximum absolute atomic E-state index is 12.4. The number of nitrogens with zero attached hydrogens (tertiary/aromatic N) is 2. The first-order chi connectivity index (χ1) is 8.09. The van der Waals surface area contributed by atoms with Crippen LogP contribution in [0.5, 0.6) is 0 Å². The molecule has 2 heterocycles. The molecule has 90 valence electrons. The molecule has 2 aliphatic heterocycles. The number of carbonyl (C=O) groups is 1. The largest absolute Gasteiger partial charge is 0.273 e. The van der Waals surface area contributed by atoms with Crippen LogP contribution in [-0.4, -0.2) is 29.0 Å². The Hall–Kier alpha value is -1.35. The van der Waals surface area contributed by atoms with Crippen LogP contribution in [0.2, 0.25) is 0 Å². The highest BCUT2D eigenvalue weighted by Gasteiger charge is 2.50. The first-order valence-corrected chi connectivity index (χ1v) is 6.23. The Labute approximate surface area is 102 Å². The summed E-state index contributed by atoms with van der Waals surface area (Å²) in [5.74, 6) is 0.267. The SMILES string of the molecule is CC1(C)CN2CC[C@H](c3ccccc3)N2C1=O. The third-order valence-corrected chi connectivity index (χ3v) is 3.81. The number of rotatable bonds is 1. The summed E-state index contributed by atoms with van der Waals surface area (Å²) < 4.78 is 0. The van der Waals surface area contributed by atoms with E-state index in [0.29, 0.717) is 0 Å². The molecule has 1 aromatic carbocycles. The topological polar surface area (TPSA) is 23.6 Å². The van der Waals surface area contributed by atoms with Gasteiger partial charge in [-0.2, -0.15) is 0 Å². The molecule has 1 amide bonds. The zero-order valence-electron chi connectivity index (χ0n) is 10.4. The summed E-state index contributed by atoms with van der Waals surface area (Å²) in [6, 6.07) is 10.6. The number of benzene rings is 1. The molecule has 0 radical (unpaired) electrons. The number of hydrogen-bond donors (Lipinski definition) is 0. The van der Waals surface area contributed by atoms with Crippen LogP contribution in [0.3, 0.4) is 0 Å². The van der Waals surface area contributed by atoms with E-state index in [4.69, 9.17) is 0 Å². The lowest BCUT2D eigenvalue weighted by Crippen LogP contribution is -2.35. The summed E-state index contributed by atoms with van der Waals surface area (Å²) in [5, 5.41) is 4.19. The Morgan fingerprint density at radius 3 is 2.65 bits per heavy atom. The smallest absolute Gasteiger partial charge is 0.244 e. The van der Waals surface area contributed by atoms with E-state index in [9.17, 15) is 4.79 Å². The second-order valence-corrected chi connectivity index (χ2v) is 5.64. The van der Waals surface area contributed by atoms with Crippen LogP contribution in [-0.2, 0) is 4.79 Å². The van der Waals surface area contributed by atoms with Crippen LogP contribution < -0.4 is 0 Å². The predicted octanol–water partition coefficient (Wildman–Crippen LogP) is 2.22. The van der Waals surface area contributed by atoms with E-state index in [1.807, 2.05) is 37.1 Å². The highest BCUT2D eigenvalue weighted by atomic mass is 16.2. The van der Waals surface area contributed by atoms with Crippen molar-refractivity contribution >= 4 is 5.91 Å². The van der Waals surface area contributed by atoms with Gasteiger partial charge < -0.3 is 0 Å². The fraction of sp³-hybridized carbons (Fsp3) is 0.500. The van der Waals surface area contributed by atoms with Crippen LogP contribution in [0.4, 0.5) is 0 Å². The lowest BCUT2D eigenvalue weighted by atomic mass is 9.92. The maximum atomic E-state index is 12.4. The molecular formula is C14H18N2O. The first kappa shape index (κ1) is 10.8. The zero-order valence-corrected chi connectivity index (χ0v) is 10.4. The van der Waals surface area contributed by atoms with Crippen LogP contribution in [0.1, 0.15) is 31.9 Å². The van der Waals surface area contributed by atoms with Crippen LogP contribution in [0.15, 0.2) is 30.3 Å². The van der Waals surface area contributed by atoms with Gasteiger partial charge in [0.15, 0.2) is 0 Å². The zero-order chi connectivity index (χ0) is 12.0. The number of fused-ring (bicyclic) bond motifs is 1. The Balaban J connectivity index is 1.93. The molecule has 0 spiro atoms. The molecule has 2 saturated heterocycles. The maximum Gasteiger partial charge on any atom is 0.244 e. The first-order valence-electron chi connectivity index (χ1n) is 6.23. The Morgan fingerprint density at radius 1 is 1.24 bits per heavy atom. The standard InChI is InChI=1S/C14H18N2O/c1-14(2)10-15-9-8-12(16(15)13(14)17)11-6-4-3-5-7-11/h3-7,12H,8-10H2,1-2H3/t12-/m1/s1. The Morgan fingerprint density at radius 2 is 1.94 bits per heavy atom. The summed E-state index contributed by atoms with van der Waals surface area (Å²) in [6.07, 6.45) is 1.05. The number of hydrazine groups is 1. The van der Waals surface area contributed by atoms with Crippen molar-refractivity contribution in [2.45, 2.75) is 26.3 Å². The van der Waals surface area contributed by atoms with E-state index >= 15 is 0 Å². The molecule has 0 saturated carbocycles. The van der Waals surface area contributed by atoms with Crippen LogP contribution in [0.25, 0.3) is 0 Å². The molecule has 17 heavy (non-hydrogen) atoms. The van der Waals surface area contributed by atoms with Gasteiger partial charge in [-0.3, -0.25) is 9.80 Å². The lowest BCUT2D eigenvalue weighted by molar-refractivity contribution is -0.142. The van der Waals surface area contributed by atoms with Gasteiger partial charge in [0.25, 0.3) is 0 Å². The Kier molecular flexibility index (Phi) is 2.26. The molecule has 3 heteroatoms. The van der Waals surface area contributed by atoms with Crippen molar-refractivity contribution in [3.63, 3.8) is 0 Å². The second-order valence-electron chi connectivity index (χ2n) is 5.64.